The molecule has 0 aromatic heterocycles. The molecule has 16 heavy (non-hydrogen) atoms. The van der Waals surface area contributed by atoms with Crippen LogP contribution in [-0.4, -0.2) is 44.8 Å². The third-order valence-corrected chi connectivity index (χ3v) is 3.37. The first-order valence-electron chi connectivity index (χ1n) is 6.16. The van der Waals surface area contributed by atoms with Gasteiger partial charge in [-0.15, -0.1) is 0 Å². The summed E-state index contributed by atoms with van der Waals surface area (Å²) in [4.78, 5) is 0. The molecule has 0 saturated carbocycles. The Balaban J connectivity index is 1.90. The maximum atomic E-state index is 5.97. The van der Waals surface area contributed by atoms with Crippen LogP contribution in [0.15, 0.2) is 0 Å². The molecular formula is C12H23NO3. The number of hydrogen-bond donors (Lipinski definition) is 1. The zero-order chi connectivity index (χ0) is 11.6. The molecule has 2 rings (SSSR count). The van der Waals surface area contributed by atoms with Crippen molar-refractivity contribution in [3.05, 3.63) is 0 Å². The van der Waals surface area contributed by atoms with Crippen LogP contribution < -0.4 is 5.32 Å². The Bertz CT molecular complexity index is 214. The van der Waals surface area contributed by atoms with Gasteiger partial charge in [0.1, 0.15) is 0 Å². The zero-order valence-electron chi connectivity index (χ0n) is 10.5. The molecule has 0 aromatic carbocycles. The minimum atomic E-state index is -0.339. The van der Waals surface area contributed by atoms with Gasteiger partial charge < -0.3 is 19.5 Å². The fraction of sp³-hybridized carbons (Fsp3) is 1.00. The van der Waals surface area contributed by atoms with Gasteiger partial charge in [-0.3, -0.25) is 0 Å². The van der Waals surface area contributed by atoms with Gasteiger partial charge in [-0.25, -0.2) is 0 Å². The van der Waals surface area contributed by atoms with E-state index in [1.165, 1.54) is 0 Å². The van der Waals surface area contributed by atoms with Crippen LogP contribution in [-0.2, 0) is 14.2 Å². The molecule has 4 heteroatoms. The molecule has 4 nitrogen and oxygen atoms in total. The molecule has 2 saturated heterocycles. The molecule has 0 bridgehead atoms. The van der Waals surface area contributed by atoms with Gasteiger partial charge in [0.05, 0.1) is 19.8 Å². The van der Waals surface area contributed by atoms with Crippen molar-refractivity contribution in [2.75, 3.05) is 26.9 Å². The Morgan fingerprint density at radius 1 is 1.19 bits per heavy atom. The van der Waals surface area contributed by atoms with Crippen molar-refractivity contribution < 1.29 is 14.2 Å². The average Bonchev–Trinajstić information content (AvgIpc) is 2.20. The molecule has 2 heterocycles. The Hall–Kier alpha value is -0.160. The fourth-order valence-electron chi connectivity index (χ4n) is 2.82. The van der Waals surface area contributed by atoms with Crippen molar-refractivity contribution in [1.82, 2.24) is 5.32 Å². The number of hydrogen-bond acceptors (Lipinski definition) is 4. The van der Waals surface area contributed by atoms with Gasteiger partial charge in [0.2, 0.25) is 0 Å². The highest BCUT2D eigenvalue weighted by molar-refractivity contribution is 4.89. The van der Waals surface area contributed by atoms with Crippen molar-refractivity contribution in [2.24, 2.45) is 5.92 Å². The Morgan fingerprint density at radius 2 is 1.75 bits per heavy atom. The van der Waals surface area contributed by atoms with Crippen molar-refractivity contribution >= 4 is 0 Å². The van der Waals surface area contributed by atoms with E-state index in [1.54, 1.807) is 7.11 Å². The number of rotatable bonds is 2. The fourth-order valence-corrected chi connectivity index (χ4v) is 2.82. The van der Waals surface area contributed by atoms with Crippen LogP contribution in [0.2, 0.25) is 0 Å². The lowest BCUT2D eigenvalue weighted by Gasteiger charge is -2.46. The van der Waals surface area contributed by atoms with Gasteiger partial charge in [-0.1, -0.05) is 0 Å². The molecule has 2 fully saturated rings. The lowest BCUT2D eigenvalue weighted by molar-refractivity contribution is -0.302. The summed E-state index contributed by atoms with van der Waals surface area (Å²) in [5.74, 6) is 0.0463. The number of piperidine rings is 1. The molecule has 1 spiro atoms. The van der Waals surface area contributed by atoms with Crippen molar-refractivity contribution in [1.29, 1.82) is 0 Å². The minimum absolute atomic E-state index is 0.339. The minimum Gasteiger partial charge on any atom is -0.384 e. The highest BCUT2D eigenvalue weighted by Crippen LogP contribution is 2.34. The third kappa shape index (κ3) is 2.74. The number of ether oxygens (including phenoxy) is 3. The third-order valence-electron chi connectivity index (χ3n) is 3.37. The smallest absolute Gasteiger partial charge is 0.171 e. The molecule has 0 amide bonds. The maximum Gasteiger partial charge on any atom is 0.171 e. The molecule has 1 N–H and O–H groups in total. The summed E-state index contributed by atoms with van der Waals surface area (Å²) in [5, 5.41) is 3.50. The first kappa shape index (κ1) is 12.3. The van der Waals surface area contributed by atoms with E-state index in [2.05, 4.69) is 19.2 Å². The Kier molecular flexibility index (Phi) is 3.85. The number of nitrogens with one attached hydrogen (secondary N) is 1. The summed E-state index contributed by atoms with van der Waals surface area (Å²) in [7, 11) is 1.72. The topological polar surface area (TPSA) is 39.7 Å². The largest absolute Gasteiger partial charge is 0.384 e. The zero-order valence-corrected chi connectivity index (χ0v) is 10.5. The van der Waals surface area contributed by atoms with E-state index >= 15 is 0 Å². The summed E-state index contributed by atoms with van der Waals surface area (Å²) < 4.78 is 17.1. The summed E-state index contributed by atoms with van der Waals surface area (Å²) in [6.07, 6.45) is 1.88. The molecule has 2 unspecified atom stereocenters. The molecular weight excluding hydrogens is 206 g/mol. The second-order valence-corrected chi connectivity index (χ2v) is 5.23. The standard InChI is InChI=1S/C12H23NO3/c1-9-4-12(5-10(2)13-9)15-7-11(6-14-3)8-16-12/h9-11,13H,4-8H2,1-3H3. The maximum absolute atomic E-state index is 5.97. The van der Waals surface area contributed by atoms with Gasteiger partial charge >= 0.3 is 0 Å². The van der Waals surface area contributed by atoms with Crippen molar-refractivity contribution in [3.8, 4) is 0 Å². The van der Waals surface area contributed by atoms with Crippen LogP contribution in [0.1, 0.15) is 26.7 Å². The van der Waals surface area contributed by atoms with E-state index in [9.17, 15) is 0 Å². The summed E-state index contributed by atoms with van der Waals surface area (Å²) in [6.45, 7) is 6.61. The molecule has 0 aliphatic carbocycles. The highest BCUT2D eigenvalue weighted by Gasteiger charge is 2.43. The SMILES string of the molecule is COCC1COC2(CC(C)NC(C)C2)OC1. The second kappa shape index (κ2) is 5.00. The number of methoxy groups -OCH3 is 1. The molecule has 0 aromatic rings. The second-order valence-electron chi connectivity index (χ2n) is 5.23. The first-order chi connectivity index (χ1) is 7.63. The van der Waals surface area contributed by atoms with E-state index in [0.29, 0.717) is 18.0 Å². The van der Waals surface area contributed by atoms with E-state index in [0.717, 1.165) is 32.7 Å². The molecule has 2 aliphatic rings. The Labute approximate surface area is 97.6 Å². The van der Waals surface area contributed by atoms with Gasteiger partial charge in [0.15, 0.2) is 5.79 Å². The van der Waals surface area contributed by atoms with Crippen LogP contribution in [0.4, 0.5) is 0 Å². The van der Waals surface area contributed by atoms with Gasteiger partial charge in [0, 0.05) is 38.0 Å². The lowest BCUT2D eigenvalue weighted by Crippen LogP contribution is -2.57. The summed E-state index contributed by atoms with van der Waals surface area (Å²) in [6, 6.07) is 0.922. The van der Waals surface area contributed by atoms with Gasteiger partial charge in [0.25, 0.3) is 0 Å². The highest BCUT2D eigenvalue weighted by atomic mass is 16.7. The predicted molar refractivity (Wildman–Crippen MR) is 61.3 cm³/mol. The summed E-state index contributed by atoms with van der Waals surface area (Å²) in [5.41, 5.74) is 0. The lowest BCUT2D eigenvalue weighted by atomic mass is 9.92. The molecule has 2 aliphatic heterocycles. The van der Waals surface area contributed by atoms with E-state index in [1.807, 2.05) is 0 Å². The normalized spacial score (nSPS) is 44.8. The predicted octanol–water partition coefficient (Wildman–Crippen LogP) is 1.15. The Morgan fingerprint density at radius 3 is 2.25 bits per heavy atom. The van der Waals surface area contributed by atoms with E-state index < -0.39 is 0 Å². The van der Waals surface area contributed by atoms with Gasteiger partial charge in [-0.2, -0.15) is 0 Å². The average molecular weight is 229 g/mol. The van der Waals surface area contributed by atoms with Crippen LogP contribution >= 0.6 is 0 Å². The molecule has 2 atom stereocenters. The van der Waals surface area contributed by atoms with Crippen LogP contribution in [0.3, 0.4) is 0 Å². The molecule has 0 radical (unpaired) electrons. The first-order valence-corrected chi connectivity index (χ1v) is 6.16. The van der Waals surface area contributed by atoms with Crippen LogP contribution in [0.5, 0.6) is 0 Å². The monoisotopic (exact) mass is 229 g/mol. The van der Waals surface area contributed by atoms with Gasteiger partial charge in [-0.05, 0) is 13.8 Å². The van der Waals surface area contributed by atoms with E-state index in [-0.39, 0.29) is 5.79 Å². The van der Waals surface area contributed by atoms with Crippen LogP contribution in [0.25, 0.3) is 0 Å². The van der Waals surface area contributed by atoms with Crippen LogP contribution in [0, 0.1) is 5.92 Å². The van der Waals surface area contributed by atoms with Crippen molar-refractivity contribution in [2.45, 2.75) is 44.6 Å². The summed E-state index contributed by atoms with van der Waals surface area (Å²) >= 11 is 0. The quantitative estimate of drug-likeness (QED) is 0.771. The molecule has 94 valence electrons. The van der Waals surface area contributed by atoms with Crippen molar-refractivity contribution in [3.63, 3.8) is 0 Å². The van der Waals surface area contributed by atoms with E-state index in [4.69, 9.17) is 14.2 Å².